The number of benzene rings is 1. The Morgan fingerprint density at radius 2 is 1.82 bits per heavy atom. The summed E-state index contributed by atoms with van der Waals surface area (Å²) in [6, 6.07) is 15.3. The largest absolute Gasteiger partial charge is 0.380 e. The summed E-state index contributed by atoms with van der Waals surface area (Å²) in [7, 11) is 0. The molecule has 1 heterocycles. The maximum atomic E-state index is 9.75. The molecule has 0 radical (unpaired) electrons. The molecule has 17 heavy (non-hydrogen) atoms. The van der Waals surface area contributed by atoms with Crippen LogP contribution in [0.2, 0.25) is 0 Å². The van der Waals surface area contributed by atoms with Crippen LogP contribution < -0.4 is 0 Å². The van der Waals surface area contributed by atoms with Crippen LogP contribution in [0.25, 0.3) is 0 Å². The van der Waals surface area contributed by atoms with Crippen LogP contribution in [0.15, 0.2) is 54.7 Å². The van der Waals surface area contributed by atoms with Crippen LogP contribution in [0.1, 0.15) is 11.3 Å². The summed E-state index contributed by atoms with van der Waals surface area (Å²) in [6.07, 6.45) is 1.50. The lowest BCUT2D eigenvalue weighted by Crippen LogP contribution is -2.08. The Labute approximate surface area is 101 Å². The maximum Gasteiger partial charge on any atom is 0.120 e. The SMILES string of the molecule is OC(C#Cc1ccccc1)Cc1ccccn1. The predicted octanol–water partition coefficient (Wildman–Crippen LogP) is 2.04. The topological polar surface area (TPSA) is 33.1 Å². The number of aromatic nitrogens is 1. The summed E-state index contributed by atoms with van der Waals surface area (Å²) in [4.78, 5) is 4.15. The van der Waals surface area contributed by atoms with E-state index in [2.05, 4.69) is 16.8 Å². The van der Waals surface area contributed by atoms with Gasteiger partial charge in [0, 0.05) is 23.9 Å². The lowest BCUT2D eigenvalue weighted by atomic mass is 10.1. The highest BCUT2D eigenvalue weighted by Gasteiger charge is 2.01. The minimum atomic E-state index is -0.676. The molecule has 2 rings (SSSR count). The van der Waals surface area contributed by atoms with Gasteiger partial charge in [-0.3, -0.25) is 4.98 Å². The smallest absolute Gasteiger partial charge is 0.120 e. The Hall–Kier alpha value is -2.11. The maximum absolute atomic E-state index is 9.75. The van der Waals surface area contributed by atoms with Crippen molar-refractivity contribution in [2.24, 2.45) is 0 Å². The van der Waals surface area contributed by atoms with Crippen molar-refractivity contribution in [3.63, 3.8) is 0 Å². The number of aliphatic hydroxyl groups excluding tert-OH is 1. The summed E-state index contributed by atoms with van der Waals surface area (Å²) >= 11 is 0. The van der Waals surface area contributed by atoms with E-state index in [1.165, 1.54) is 0 Å². The fourth-order valence-corrected chi connectivity index (χ4v) is 1.46. The predicted molar refractivity (Wildman–Crippen MR) is 67.3 cm³/mol. The number of aliphatic hydroxyl groups is 1. The van der Waals surface area contributed by atoms with Crippen molar-refractivity contribution in [2.45, 2.75) is 12.5 Å². The molecule has 0 spiro atoms. The van der Waals surface area contributed by atoms with Gasteiger partial charge in [0.2, 0.25) is 0 Å². The lowest BCUT2D eigenvalue weighted by molar-refractivity contribution is 0.232. The zero-order chi connectivity index (χ0) is 11.9. The van der Waals surface area contributed by atoms with E-state index in [-0.39, 0.29) is 0 Å². The number of hydrogen-bond donors (Lipinski definition) is 1. The molecule has 1 N–H and O–H groups in total. The molecule has 84 valence electrons. The summed E-state index contributed by atoms with van der Waals surface area (Å²) in [5.74, 6) is 5.75. The molecule has 2 aromatic rings. The van der Waals surface area contributed by atoms with Crippen LogP contribution in [0.4, 0.5) is 0 Å². The third-order valence-electron chi connectivity index (χ3n) is 2.29. The molecule has 0 saturated heterocycles. The first-order valence-corrected chi connectivity index (χ1v) is 5.49. The van der Waals surface area contributed by atoms with Gasteiger partial charge in [-0.15, -0.1) is 0 Å². The lowest BCUT2D eigenvalue weighted by Gasteiger charge is -2.01. The van der Waals surface area contributed by atoms with E-state index in [1.807, 2.05) is 48.5 Å². The fraction of sp³-hybridized carbons (Fsp3) is 0.133. The summed E-state index contributed by atoms with van der Waals surface area (Å²) in [5, 5.41) is 9.75. The van der Waals surface area contributed by atoms with Crippen molar-refractivity contribution < 1.29 is 5.11 Å². The molecule has 0 aliphatic rings. The second-order valence-electron chi connectivity index (χ2n) is 3.68. The number of pyridine rings is 1. The highest BCUT2D eigenvalue weighted by Crippen LogP contribution is 2.00. The van der Waals surface area contributed by atoms with Gasteiger partial charge in [-0.1, -0.05) is 36.1 Å². The third-order valence-corrected chi connectivity index (χ3v) is 2.29. The molecule has 0 aliphatic carbocycles. The van der Waals surface area contributed by atoms with Gasteiger partial charge in [-0.05, 0) is 24.3 Å². The van der Waals surface area contributed by atoms with Crippen molar-refractivity contribution in [1.82, 2.24) is 4.98 Å². The highest BCUT2D eigenvalue weighted by atomic mass is 16.3. The summed E-state index contributed by atoms with van der Waals surface area (Å²) in [6.45, 7) is 0. The van der Waals surface area contributed by atoms with Crippen LogP contribution in [0, 0.1) is 11.8 Å². The Kier molecular flexibility index (Phi) is 3.90. The van der Waals surface area contributed by atoms with E-state index in [9.17, 15) is 5.11 Å². The molecule has 1 aromatic carbocycles. The van der Waals surface area contributed by atoms with Gasteiger partial charge in [0.25, 0.3) is 0 Å². The van der Waals surface area contributed by atoms with Crippen LogP contribution in [0.5, 0.6) is 0 Å². The second-order valence-corrected chi connectivity index (χ2v) is 3.68. The Morgan fingerprint density at radius 3 is 2.53 bits per heavy atom. The molecule has 2 heteroatoms. The first kappa shape index (κ1) is 11.4. The fourth-order valence-electron chi connectivity index (χ4n) is 1.46. The monoisotopic (exact) mass is 223 g/mol. The summed E-state index contributed by atoms with van der Waals surface area (Å²) < 4.78 is 0. The van der Waals surface area contributed by atoms with Crippen molar-refractivity contribution in [2.75, 3.05) is 0 Å². The molecule has 0 fully saturated rings. The minimum Gasteiger partial charge on any atom is -0.380 e. The number of nitrogens with zero attached hydrogens (tertiary/aromatic N) is 1. The zero-order valence-electron chi connectivity index (χ0n) is 9.38. The Bertz CT molecular complexity index is 511. The Morgan fingerprint density at radius 1 is 1.06 bits per heavy atom. The van der Waals surface area contributed by atoms with E-state index < -0.39 is 6.10 Å². The van der Waals surface area contributed by atoms with Gasteiger partial charge in [0.05, 0.1) is 0 Å². The molecule has 1 atom stereocenters. The van der Waals surface area contributed by atoms with Crippen LogP contribution in [0.3, 0.4) is 0 Å². The molecular formula is C15H13NO. The molecule has 0 saturated carbocycles. The average molecular weight is 223 g/mol. The van der Waals surface area contributed by atoms with Crippen LogP contribution >= 0.6 is 0 Å². The first-order chi connectivity index (χ1) is 8.34. The second kappa shape index (κ2) is 5.83. The Balaban J connectivity index is 1.99. The van der Waals surface area contributed by atoms with E-state index in [0.717, 1.165) is 11.3 Å². The van der Waals surface area contributed by atoms with Crippen molar-refractivity contribution in [3.8, 4) is 11.8 Å². The molecular weight excluding hydrogens is 210 g/mol. The molecule has 1 unspecified atom stereocenters. The molecule has 0 aliphatic heterocycles. The van der Waals surface area contributed by atoms with E-state index in [0.29, 0.717) is 6.42 Å². The van der Waals surface area contributed by atoms with Gasteiger partial charge in [0.15, 0.2) is 0 Å². The van der Waals surface area contributed by atoms with E-state index in [1.54, 1.807) is 6.20 Å². The number of hydrogen-bond acceptors (Lipinski definition) is 2. The third kappa shape index (κ3) is 3.75. The van der Waals surface area contributed by atoms with Crippen molar-refractivity contribution in [3.05, 3.63) is 66.0 Å². The average Bonchev–Trinajstić information content (AvgIpc) is 2.39. The van der Waals surface area contributed by atoms with Crippen molar-refractivity contribution in [1.29, 1.82) is 0 Å². The quantitative estimate of drug-likeness (QED) is 0.790. The molecule has 2 nitrogen and oxygen atoms in total. The van der Waals surface area contributed by atoms with Crippen LogP contribution in [-0.4, -0.2) is 16.2 Å². The van der Waals surface area contributed by atoms with Crippen LogP contribution in [-0.2, 0) is 6.42 Å². The van der Waals surface area contributed by atoms with Crippen molar-refractivity contribution >= 4 is 0 Å². The molecule has 1 aromatic heterocycles. The van der Waals surface area contributed by atoms with Gasteiger partial charge in [-0.25, -0.2) is 0 Å². The van der Waals surface area contributed by atoms with Gasteiger partial charge in [0.1, 0.15) is 6.10 Å². The first-order valence-electron chi connectivity index (χ1n) is 5.49. The zero-order valence-corrected chi connectivity index (χ0v) is 9.38. The van der Waals surface area contributed by atoms with E-state index in [4.69, 9.17) is 0 Å². The molecule has 0 amide bonds. The number of rotatable bonds is 2. The minimum absolute atomic E-state index is 0.459. The molecule has 0 bridgehead atoms. The highest BCUT2D eigenvalue weighted by molar-refractivity contribution is 5.34. The van der Waals surface area contributed by atoms with Gasteiger partial charge >= 0.3 is 0 Å². The van der Waals surface area contributed by atoms with Gasteiger partial charge in [-0.2, -0.15) is 0 Å². The normalized spacial score (nSPS) is 11.4. The van der Waals surface area contributed by atoms with Gasteiger partial charge < -0.3 is 5.11 Å². The van der Waals surface area contributed by atoms with E-state index >= 15 is 0 Å². The summed E-state index contributed by atoms with van der Waals surface area (Å²) in [5.41, 5.74) is 1.76. The standard InChI is InChI=1S/C15H13NO/c17-15(12-14-8-4-5-11-16-14)10-9-13-6-2-1-3-7-13/h1-8,11,15,17H,12H2.